The zero-order valence-corrected chi connectivity index (χ0v) is 19.3. The maximum absolute atomic E-state index is 13.1. The van der Waals surface area contributed by atoms with Gasteiger partial charge in [-0.3, -0.25) is 4.79 Å². The van der Waals surface area contributed by atoms with Crippen molar-refractivity contribution in [2.75, 3.05) is 19.0 Å². The normalized spacial score (nSPS) is 21.7. The molecule has 5 rings (SSSR count). The molecular formula is C24H29NO4S2. The van der Waals surface area contributed by atoms with Crippen LogP contribution in [0.15, 0.2) is 28.5 Å². The number of aryl methyl sites for hydroxylation is 1. The summed E-state index contributed by atoms with van der Waals surface area (Å²) in [4.78, 5) is 13.7. The monoisotopic (exact) mass is 459 g/mol. The number of fused-ring (bicyclic) bond motifs is 1. The van der Waals surface area contributed by atoms with Crippen molar-refractivity contribution in [1.29, 1.82) is 4.78 Å². The number of hydrogen-bond donors (Lipinski definition) is 2. The Kier molecular flexibility index (Phi) is 5.57. The van der Waals surface area contributed by atoms with Gasteiger partial charge in [-0.25, -0.2) is 8.99 Å². The average Bonchev–Trinajstić information content (AvgIpc) is 3.33. The molecule has 1 atom stereocenters. The summed E-state index contributed by atoms with van der Waals surface area (Å²) in [5.41, 5.74) is 4.07. The number of thiophene rings is 1. The first-order valence-corrected chi connectivity index (χ1v) is 13.7. The first-order chi connectivity index (χ1) is 14.8. The van der Waals surface area contributed by atoms with Gasteiger partial charge in [-0.05, 0) is 66.0 Å². The van der Waals surface area contributed by atoms with Crippen molar-refractivity contribution in [2.45, 2.75) is 61.2 Å². The van der Waals surface area contributed by atoms with Crippen molar-refractivity contribution in [3.63, 3.8) is 0 Å². The van der Waals surface area contributed by atoms with Crippen LogP contribution in [-0.4, -0.2) is 34.1 Å². The average molecular weight is 460 g/mol. The molecule has 1 saturated heterocycles. The van der Waals surface area contributed by atoms with E-state index in [-0.39, 0.29) is 31.2 Å². The van der Waals surface area contributed by atoms with Crippen molar-refractivity contribution < 1.29 is 18.8 Å². The summed E-state index contributed by atoms with van der Waals surface area (Å²) in [6.45, 7) is 0.432. The van der Waals surface area contributed by atoms with Gasteiger partial charge in [0.25, 0.3) is 0 Å². The van der Waals surface area contributed by atoms with E-state index in [4.69, 9.17) is 9.52 Å². The van der Waals surface area contributed by atoms with E-state index in [2.05, 4.69) is 12.1 Å². The zero-order valence-electron chi connectivity index (χ0n) is 17.7. The number of carbonyl (C=O) groups is 1. The zero-order chi connectivity index (χ0) is 21.6. The predicted molar refractivity (Wildman–Crippen MR) is 121 cm³/mol. The van der Waals surface area contributed by atoms with Crippen LogP contribution in [0.2, 0.25) is 0 Å². The molecule has 2 aromatic rings. The summed E-state index contributed by atoms with van der Waals surface area (Å²) in [5.74, 6) is 0.323. The molecule has 31 heavy (non-hydrogen) atoms. The lowest BCUT2D eigenvalue weighted by atomic mass is 9.79. The summed E-state index contributed by atoms with van der Waals surface area (Å²) in [7, 11) is -3.23. The smallest absolute Gasteiger partial charge is 0.151 e. The largest absolute Gasteiger partial charge is 0.379 e. The summed E-state index contributed by atoms with van der Waals surface area (Å²) < 4.78 is 27.0. The molecule has 2 N–H and O–H groups in total. The maximum Gasteiger partial charge on any atom is 0.151 e. The van der Waals surface area contributed by atoms with Gasteiger partial charge < -0.3 is 9.84 Å². The van der Waals surface area contributed by atoms with E-state index >= 15 is 0 Å². The van der Waals surface area contributed by atoms with Crippen LogP contribution in [0.3, 0.4) is 0 Å². The number of carbonyl (C=O) groups excluding carboxylic acids is 1. The Balaban J connectivity index is 1.34. The second-order valence-electron chi connectivity index (χ2n) is 9.37. The van der Waals surface area contributed by atoms with E-state index < -0.39 is 15.3 Å². The molecule has 166 valence electrons. The number of Topliss-reactive ketones (excluding diaryl/α,β-unsaturated/α-hetero) is 1. The highest BCUT2D eigenvalue weighted by molar-refractivity contribution is 7.95. The number of benzene rings is 1. The third-order valence-corrected chi connectivity index (χ3v) is 10.7. The highest BCUT2D eigenvalue weighted by Gasteiger charge is 2.40. The Labute approximate surface area is 187 Å². The minimum atomic E-state index is -3.23. The maximum atomic E-state index is 13.1. The molecule has 2 heterocycles. The first kappa shape index (κ1) is 21.3. The fourth-order valence-electron chi connectivity index (χ4n) is 4.94. The van der Waals surface area contributed by atoms with Crippen LogP contribution in [0.4, 0.5) is 0 Å². The third kappa shape index (κ3) is 4.13. The van der Waals surface area contributed by atoms with Crippen molar-refractivity contribution in [3.8, 4) is 0 Å². The van der Waals surface area contributed by atoms with Crippen LogP contribution in [0.5, 0.6) is 0 Å². The Morgan fingerprint density at radius 3 is 2.68 bits per heavy atom. The summed E-state index contributed by atoms with van der Waals surface area (Å²) in [6.07, 6.45) is 8.35. The fraction of sp³-hybridized carbons (Fsp3) is 0.542. The molecule has 7 heteroatoms. The minimum Gasteiger partial charge on any atom is -0.379 e. The number of rotatable bonds is 8. The van der Waals surface area contributed by atoms with Crippen molar-refractivity contribution in [3.05, 3.63) is 51.4 Å². The van der Waals surface area contributed by atoms with Gasteiger partial charge >= 0.3 is 0 Å². The number of ether oxygens (including phenoxy) is 1. The topological polar surface area (TPSA) is 87.5 Å². The van der Waals surface area contributed by atoms with Crippen LogP contribution in [0.25, 0.3) is 0 Å². The van der Waals surface area contributed by atoms with E-state index in [1.165, 1.54) is 47.3 Å². The SMILES string of the molecule is N=[S@@](=O)(CC(=O)Cc1c(CC2CCC2)ccc2c1CCC2)c1ccc(C2(O)COC2)s1. The van der Waals surface area contributed by atoms with Gasteiger partial charge in [-0.15, -0.1) is 11.3 Å². The van der Waals surface area contributed by atoms with E-state index in [9.17, 15) is 14.1 Å². The fourth-order valence-corrected chi connectivity index (χ4v) is 7.71. The highest BCUT2D eigenvalue weighted by Crippen LogP contribution is 2.37. The van der Waals surface area contributed by atoms with Gasteiger partial charge in [0.15, 0.2) is 5.78 Å². The van der Waals surface area contributed by atoms with E-state index in [1.54, 1.807) is 12.1 Å². The summed E-state index contributed by atoms with van der Waals surface area (Å²) in [5, 5.41) is 10.4. The Morgan fingerprint density at radius 2 is 2.00 bits per heavy atom. The second-order valence-corrected chi connectivity index (χ2v) is 12.8. The summed E-state index contributed by atoms with van der Waals surface area (Å²) in [6, 6.07) is 7.78. The molecule has 1 saturated carbocycles. The van der Waals surface area contributed by atoms with E-state index in [0.717, 1.165) is 37.2 Å². The van der Waals surface area contributed by atoms with Gasteiger partial charge in [0.1, 0.15) is 9.81 Å². The quantitative estimate of drug-likeness (QED) is 0.624. The highest BCUT2D eigenvalue weighted by atomic mass is 32.2. The standard InChI is InChI=1S/C24H29NO4S2/c25-31(28,23-10-9-22(30-23)24(27)14-29-15-24)13-19(26)12-21-18(11-16-3-1-4-16)8-7-17-5-2-6-20(17)21/h7-10,16,25,27H,1-6,11-15H2/t31-/m1/s1. The second kappa shape index (κ2) is 8.10. The Bertz CT molecular complexity index is 1110. The van der Waals surface area contributed by atoms with Crippen LogP contribution in [0.1, 0.15) is 52.8 Å². The van der Waals surface area contributed by atoms with Crippen LogP contribution < -0.4 is 0 Å². The van der Waals surface area contributed by atoms with Gasteiger partial charge in [0, 0.05) is 11.3 Å². The predicted octanol–water partition coefficient (Wildman–Crippen LogP) is 4.01. The molecular weight excluding hydrogens is 430 g/mol. The van der Waals surface area contributed by atoms with Gasteiger partial charge in [0.2, 0.25) is 0 Å². The number of nitrogens with one attached hydrogen (secondary N) is 1. The van der Waals surface area contributed by atoms with E-state index in [0.29, 0.717) is 9.09 Å². The third-order valence-electron chi connectivity index (χ3n) is 7.02. The molecule has 0 amide bonds. The minimum absolute atomic E-state index is 0.129. The number of aliphatic hydroxyl groups is 1. The molecule has 0 bridgehead atoms. The molecule has 1 aliphatic heterocycles. The molecule has 2 aliphatic carbocycles. The van der Waals surface area contributed by atoms with Crippen molar-refractivity contribution in [2.24, 2.45) is 5.92 Å². The van der Waals surface area contributed by atoms with E-state index in [1.807, 2.05) is 0 Å². The molecule has 0 unspecified atom stereocenters. The molecule has 5 nitrogen and oxygen atoms in total. The van der Waals surface area contributed by atoms with Gasteiger partial charge in [-0.1, -0.05) is 31.4 Å². The van der Waals surface area contributed by atoms with Crippen molar-refractivity contribution >= 4 is 26.8 Å². The Hall–Kier alpha value is -1.54. The van der Waals surface area contributed by atoms with Crippen LogP contribution in [-0.2, 0) is 50.5 Å². The lowest BCUT2D eigenvalue weighted by Crippen LogP contribution is -2.45. The number of hydrogen-bond acceptors (Lipinski definition) is 6. The lowest BCUT2D eigenvalue weighted by Gasteiger charge is -2.35. The molecule has 1 aromatic heterocycles. The number of ketones is 1. The Morgan fingerprint density at radius 1 is 1.19 bits per heavy atom. The van der Waals surface area contributed by atoms with Gasteiger partial charge in [0.05, 0.1) is 28.7 Å². The molecule has 2 fully saturated rings. The molecule has 0 radical (unpaired) electrons. The molecule has 0 spiro atoms. The van der Waals surface area contributed by atoms with Gasteiger partial charge in [-0.2, -0.15) is 0 Å². The molecule has 3 aliphatic rings. The first-order valence-electron chi connectivity index (χ1n) is 11.2. The summed E-state index contributed by atoms with van der Waals surface area (Å²) >= 11 is 1.17. The lowest BCUT2D eigenvalue weighted by molar-refractivity contribution is -0.182. The van der Waals surface area contributed by atoms with Crippen LogP contribution >= 0.6 is 11.3 Å². The van der Waals surface area contributed by atoms with Crippen LogP contribution in [0, 0.1) is 10.7 Å². The molecule has 1 aromatic carbocycles. The van der Waals surface area contributed by atoms with Crippen molar-refractivity contribution in [1.82, 2.24) is 0 Å².